The zero-order valence-electron chi connectivity index (χ0n) is 16.3. The number of rotatable bonds is 4. The summed E-state index contributed by atoms with van der Waals surface area (Å²) in [7, 11) is 0. The fourth-order valence-electron chi connectivity index (χ4n) is 4.77. The van der Waals surface area contributed by atoms with Crippen molar-refractivity contribution in [3.63, 3.8) is 0 Å². The van der Waals surface area contributed by atoms with Crippen molar-refractivity contribution >= 4 is 17.8 Å². The first-order valence-electron chi connectivity index (χ1n) is 10.3. The Kier molecular flexibility index (Phi) is 5.13. The van der Waals surface area contributed by atoms with Gasteiger partial charge in [-0.15, -0.1) is 0 Å². The highest BCUT2D eigenvalue weighted by molar-refractivity contribution is 5.94. The molecule has 4 rings (SSSR count). The molecule has 1 aromatic carbocycles. The monoisotopic (exact) mass is 384 g/mol. The number of benzene rings is 1. The van der Waals surface area contributed by atoms with Gasteiger partial charge in [-0.3, -0.25) is 14.4 Å². The van der Waals surface area contributed by atoms with Crippen LogP contribution < -0.4 is 0 Å². The summed E-state index contributed by atoms with van der Waals surface area (Å²) < 4.78 is 0. The number of carboxylic acids is 1. The van der Waals surface area contributed by atoms with E-state index in [2.05, 4.69) is 0 Å². The van der Waals surface area contributed by atoms with E-state index in [4.69, 9.17) is 0 Å². The Morgan fingerprint density at radius 2 is 1.68 bits per heavy atom. The van der Waals surface area contributed by atoms with E-state index < -0.39 is 11.9 Å². The number of aryl methyl sites for hydroxylation is 1. The Morgan fingerprint density at radius 1 is 0.964 bits per heavy atom. The number of hydrogen-bond donors (Lipinski definition) is 1. The molecule has 2 heterocycles. The van der Waals surface area contributed by atoms with E-state index in [1.54, 1.807) is 9.80 Å². The van der Waals surface area contributed by atoms with Gasteiger partial charge in [0.2, 0.25) is 5.91 Å². The average Bonchev–Trinajstić information content (AvgIpc) is 3.45. The Hall–Kier alpha value is -2.37. The van der Waals surface area contributed by atoms with Crippen LogP contribution in [0.1, 0.15) is 41.6 Å². The summed E-state index contributed by atoms with van der Waals surface area (Å²) >= 11 is 0. The molecule has 3 aliphatic rings. The number of amides is 2. The van der Waals surface area contributed by atoms with Gasteiger partial charge < -0.3 is 14.9 Å². The van der Waals surface area contributed by atoms with Crippen LogP contribution in [0.25, 0.3) is 0 Å². The lowest BCUT2D eigenvalue weighted by atomic mass is 9.92. The molecule has 1 saturated carbocycles. The summed E-state index contributed by atoms with van der Waals surface area (Å²) in [6.07, 6.45) is 3.73. The van der Waals surface area contributed by atoms with Gasteiger partial charge in [0.1, 0.15) is 0 Å². The summed E-state index contributed by atoms with van der Waals surface area (Å²) in [5, 5.41) is 9.54. The molecule has 0 radical (unpaired) electrons. The van der Waals surface area contributed by atoms with Crippen molar-refractivity contribution < 1.29 is 19.5 Å². The van der Waals surface area contributed by atoms with E-state index in [-0.39, 0.29) is 23.7 Å². The van der Waals surface area contributed by atoms with Gasteiger partial charge in [0.15, 0.2) is 0 Å². The van der Waals surface area contributed by atoms with Gasteiger partial charge in [-0.2, -0.15) is 0 Å². The molecule has 6 heteroatoms. The van der Waals surface area contributed by atoms with Crippen molar-refractivity contribution in [2.45, 2.75) is 32.6 Å². The molecule has 28 heavy (non-hydrogen) atoms. The molecule has 2 saturated heterocycles. The number of carbonyl (C=O) groups is 3. The van der Waals surface area contributed by atoms with Crippen molar-refractivity contribution in [2.24, 2.45) is 23.7 Å². The van der Waals surface area contributed by atoms with Crippen molar-refractivity contribution in [3.05, 3.63) is 35.4 Å². The lowest BCUT2D eigenvalue weighted by Gasteiger charge is -2.34. The molecule has 0 aromatic heterocycles. The van der Waals surface area contributed by atoms with Gasteiger partial charge >= 0.3 is 5.97 Å². The molecule has 1 aliphatic carbocycles. The highest BCUT2D eigenvalue weighted by atomic mass is 16.4. The number of hydrogen-bond acceptors (Lipinski definition) is 3. The predicted octanol–water partition coefficient (Wildman–Crippen LogP) is 2.42. The second kappa shape index (κ2) is 7.57. The number of carboxylic acid groups (broad SMARTS) is 1. The minimum Gasteiger partial charge on any atom is -0.481 e. The fraction of sp³-hybridized carbons (Fsp3) is 0.591. The van der Waals surface area contributed by atoms with Crippen molar-refractivity contribution in [3.8, 4) is 0 Å². The van der Waals surface area contributed by atoms with Gasteiger partial charge in [0, 0.05) is 31.7 Å². The van der Waals surface area contributed by atoms with Crippen LogP contribution in [0.2, 0.25) is 0 Å². The molecule has 1 N–H and O–H groups in total. The van der Waals surface area contributed by atoms with Crippen LogP contribution in [0.15, 0.2) is 24.3 Å². The minimum absolute atomic E-state index is 0.0239. The van der Waals surface area contributed by atoms with Crippen LogP contribution >= 0.6 is 0 Å². The number of piperidine rings is 1. The highest BCUT2D eigenvalue weighted by Gasteiger charge is 2.47. The van der Waals surface area contributed by atoms with Crippen molar-refractivity contribution in [1.29, 1.82) is 0 Å². The van der Waals surface area contributed by atoms with E-state index in [1.807, 2.05) is 31.2 Å². The summed E-state index contributed by atoms with van der Waals surface area (Å²) in [6, 6.07) is 7.52. The maximum absolute atomic E-state index is 13.1. The van der Waals surface area contributed by atoms with E-state index in [0.717, 1.165) is 31.2 Å². The number of likely N-dealkylation sites (tertiary alicyclic amines) is 2. The smallest absolute Gasteiger partial charge is 0.308 e. The van der Waals surface area contributed by atoms with Crippen molar-refractivity contribution in [2.75, 3.05) is 26.2 Å². The molecule has 6 nitrogen and oxygen atoms in total. The molecular formula is C22H28N2O4. The molecule has 3 fully saturated rings. The first-order valence-corrected chi connectivity index (χ1v) is 10.3. The maximum atomic E-state index is 13.1. The quantitative estimate of drug-likeness (QED) is 0.865. The Bertz CT molecular complexity index is 771. The molecule has 1 aromatic rings. The molecule has 3 atom stereocenters. The highest BCUT2D eigenvalue weighted by Crippen LogP contribution is 2.44. The fourth-order valence-corrected chi connectivity index (χ4v) is 4.77. The normalized spacial score (nSPS) is 27.7. The summed E-state index contributed by atoms with van der Waals surface area (Å²) in [6.45, 7) is 3.95. The molecule has 0 spiro atoms. The maximum Gasteiger partial charge on any atom is 0.308 e. The molecule has 150 valence electrons. The van der Waals surface area contributed by atoms with Crippen LogP contribution in [-0.4, -0.2) is 58.9 Å². The number of aliphatic carboxylic acids is 1. The van der Waals surface area contributed by atoms with E-state index in [9.17, 15) is 19.5 Å². The molecule has 2 amide bonds. The SMILES string of the molecule is Cc1ccc(C(=O)N2CCCC(C(=O)N3C[C@H](C(=O)O)[C@@H](C4CC4)C3)C2)cc1. The minimum atomic E-state index is -0.785. The van der Waals surface area contributed by atoms with Crippen LogP contribution in [-0.2, 0) is 9.59 Å². The Labute approximate surface area is 165 Å². The third kappa shape index (κ3) is 3.77. The predicted molar refractivity (Wildman–Crippen MR) is 104 cm³/mol. The molecule has 2 aliphatic heterocycles. The van der Waals surface area contributed by atoms with E-state index in [1.165, 1.54) is 0 Å². The van der Waals surface area contributed by atoms with E-state index in [0.29, 0.717) is 37.7 Å². The molecule has 1 unspecified atom stereocenters. The number of carbonyl (C=O) groups excluding carboxylic acids is 2. The second-order valence-electron chi connectivity index (χ2n) is 8.65. The third-order valence-corrected chi connectivity index (χ3v) is 6.58. The first-order chi connectivity index (χ1) is 13.4. The first kappa shape index (κ1) is 19.0. The standard InChI is InChI=1S/C22H28N2O4/c1-14-4-6-16(7-5-14)20(25)23-10-2-3-17(11-23)21(26)24-12-18(15-8-9-15)19(13-24)22(27)28/h4-7,15,17-19H,2-3,8-13H2,1H3,(H,27,28)/t17?,18-,19+/m1/s1. The lowest BCUT2D eigenvalue weighted by Crippen LogP contribution is -2.46. The lowest BCUT2D eigenvalue weighted by molar-refractivity contribution is -0.143. The van der Waals surface area contributed by atoms with Crippen LogP contribution in [0, 0.1) is 30.6 Å². The second-order valence-corrected chi connectivity index (χ2v) is 8.65. The van der Waals surface area contributed by atoms with E-state index >= 15 is 0 Å². The largest absolute Gasteiger partial charge is 0.481 e. The third-order valence-electron chi connectivity index (χ3n) is 6.58. The van der Waals surface area contributed by atoms with Gasteiger partial charge in [0.25, 0.3) is 5.91 Å². The average molecular weight is 384 g/mol. The van der Waals surface area contributed by atoms with Crippen molar-refractivity contribution in [1.82, 2.24) is 9.80 Å². The van der Waals surface area contributed by atoms with Gasteiger partial charge in [-0.25, -0.2) is 0 Å². The van der Waals surface area contributed by atoms with Gasteiger partial charge in [-0.05, 0) is 56.6 Å². The van der Waals surface area contributed by atoms with Crippen LogP contribution in [0.5, 0.6) is 0 Å². The number of nitrogens with zero attached hydrogens (tertiary/aromatic N) is 2. The summed E-state index contributed by atoms with van der Waals surface area (Å²) in [5.41, 5.74) is 1.76. The Balaban J connectivity index is 1.41. The zero-order chi connectivity index (χ0) is 19.8. The summed E-state index contributed by atoms with van der Waals surface area (Å²) in [4.78, 5) is 41.1. The Morgan fingerprint density at radius 3 is 2.32 bits per heavy atom. The zero-order valence-corrected chi connectivity index (χ0v) is 16.3. The van der Waals surface area contributed by atoms with Crippen LogP contribution in [0.3, 0.4) is 0 Å². The summed E-state index contributed by atoms with van der Waals surface area (Å²) in [5.74, 6) is -0.901. The molecule has 0 bridgehead atoms. The van der Waals surface area contributed by atoms with Gasteiger partial charge in [-0.1, -0.05) is 17.7 Å². The molecular weight excluding hydrogens is 356 g/mol. The topological polar surface area (TPSA) is 77.9 Å². The van der Waals surface area contributed by atoms with Crippen LogP contribution in [0.4, 0.5) is 0 Å². The van der Waals surface area contributed by atoms with Gasteiger partial charge in [0.05, 0.1) is 11.8 Å².